The van der Waals surface area contributed by atoms with Gasteiger partial charge in [0.15, 0.2) is 0 Å². The van der Waals surface area contributed by atoms with Crippen LogP contribution in [0.2, 0.25) is 0 Å². The third kappa shape index (κ3) is 4.88. The number of carbonyl (C=O) groups excluding carboxylic acids is 1. The smallest absolute Gasteiger partial charge is 0.312 e. The molecular formula is C21H27N3O3. The van der Waals surface area contributed by atoms with Gasteiger partial charge >= 0.3 is 5.97 Å². The van der Waals surface area contributed by atoms with Crippen LogP contribution >= 0.6 is 0 Å². The number of aromatic nitrogens is 2. The lowest BCUT2D eigenvalue weighted by Gasteiger charge is -2.18. The molecule has 27 heavy (non-hydrogen) atoms. The standard InChI is InChI=1S/C21H27N3O3/c1-14(2)27-19(25)11-18-20(21(4,5)13-22)15(3)23-24(18)12-16-7-9-17(26-6)10-8-16/h7-10,14H,11-12H2,1-6H3. The Labute approximate surface area is 160 Å². The molecule has 0 saturated heterocycles. The van der Waals surface area contributed by atoms with Crippen molar-refractivity contribution >= 4 is 5.97 Å². The van der Waals surface area contributed by atoms with E-state index in [2.05, 4.69) is 11.2 Å². The van der Waals surface area contributed by atoms with Crippen molar-refractivity contribution in [2.45, 2.75) is 59.1 Å². The first kappa shape index (κ1) is 20.5. The number of rotatable bonds is 7. The van der Waals surface area contributed by atoms with Gasteiger partial charge in [0.2, 0.25) is 0 Å². The SMILES string of the molecule is COc1ccc(Cn2nc(C)c(C(C)(C)C#N)c2CC(=O)OC(C)C)cc1. The van der Waals surface area contributed by atoms with E-state index in [0.29, 0.717) is 6.54 Å². The number of nitrogens with zero attached hydrogens (tertiary/aromatic N) is 3. The number of methoxy groups -OCH3 is 1. The van der Waals surface area contributed by atoms with Gasteiger partial charge in [-0.3, -0.25) is 9.48 Å². The Kier molecular flexibility index (Phi) is 6.27. The Morgan fingerprint density at radius 3 is 2.44 bits per heavy atom. The summed E-state index contributed by atoms with van der Waals surface area (Å²) in [6.07, 6.45) is -0.112. The maximum Gasteiger partial charge on any atom is 0.312 e. The fraction of sp³-hybridized carbons (Fsp3) is 0.476. The minimum atomic E-state index is -0.754. The van der Waals surface area contributed by atoms with E-state index in [1.54, 1.807) is 11.8 Å². The number of esters is 1. The van der Waals surface area contributed by atoms with Crippen LogP contribution in [0, 0.1) is 18.3 Å². The molecule has 0 aliphatic carbocycles. The van der Waals surface area contributed by atoms with Crippen LogP contribution in [0.5, 0.6) is 5.75 Å². The molecule has 0 aliphatic heterocycles. The second kappa shape index (κ2) is 8.26. The van der Waals surface area contributed by atoms with Gasteiger partial charge in [0, 0.05) is 5.56 Å². The highest BCUT2D eigenvalue weighted by atomic mass is 16.5. The lowest BCUT2D eigenvalue weighted by Crippen LogP contribution is -2.22. The number of nitriles is 1. The molecule has 0 atom stereocenters. The minimum Gasteiger partial charge on any atom is -0.497 e. The molecule has 0 aliphatic rings. The van der Waals surface area contributed by atoms with E-state index >= 15 is 0 Å². The molecule has 144 valence electrons. The summed E-state index contributed by atoms with van der Waals surface area (Å²) in [5, 5.41) is 14.2. The molecule has 1 heterocycles. The molecule has 6 heteroatoms. The zero-order chi connectivity index (χ0) is 20.2. The minimum absolute atomic E-state index is 0.0790. The van der Waals surface area contributed by atoms with Crippen molar-refractivity contribution in [2.75, 3.05) is 7.11 Å². The van der Waals surface area contributed by atoms with Crippen LogP contribution < -0.4 is 4.74 Å². The number of ether oxygens (including phenoxy) is 2. The van der Waals surface area contributed by atoms with Gasteiger partial charge in [-0.15, -0.1) is 0 Å². The molecule has 0 unspecified atom stereocenters. The molecule has 2 aromatic rings. The quantitative estimate of drug-likeness (QED) is 0.698. The van der Waals surface area contributed by atoms with Crippen LogP contribution in [0.15, 0.2) is 24.3 Å². The van der Waals surface area contributed by atoms with E-state index in [4.69, 9.17) is 9.47 Å². The van der Waals surface area contributed by atoms with Gasteiger partial charge in [0.25, 0.3) is 0 Å². The number of benzene rings is 1. The highest BCUT2D eigenvalue weighted by molar-refractivity contribution is 5.73. The number of carbonyl (C=O) groups is 1. The normalized spacial score (nSPS) is 11.3. The van der Waals surface area contributed by atoms with Gasteiger partial charge in [-0.1, -0.05) is 12.1 Å². The Balaban J connectivity index is 2.44. The summed E-state index contributed by atoms with van der Waals surface area (Å²) in [5.41, 5.74) is 2.54. The van der Waals surface area contributed by atoms with Crippen LogP contribution in [0.25, 0.3) is 0 Å². The fourth-order valence-corrected chi connectivity index (χ4v) is 3.15. The van der Waals surface area contributed by atoms with E-state index in [0.717, 1.165) is 28.3 Å². The molecule has 1 aromatic carbocycles. The van der Waals surface area contributed by atoms with Gasteiger partial charge in [0.05, 0.1) is 49.1 Å². The van der Waals surface area contributed by atoms with Crippen LogP contribution in [0.1, 0.15) is 50.2 Å². The average molecular weight is 369 g/mol. The van der Waals surface area contributed by atoms with Crippen LogP contribution in [0.3, 0.4) is 0 Å². The predicted molar refractivity (Wildman–Crippen MR) is 103 cm³/mol. The van der Waals surface area contributed by atoms with Crippen molar-refractivity contribution in [3.8, 4) is 11.8 Å². The zero-order valence-corrected chi connectivity index (χ0v) is 16.9. The van der Waals surface area contributed by atoms with Crippen molar-refractivity contribution in [1.82, 2.24) is 9.78 Å². The molecular weight excluding hydrogens is 342 g/mol. The van der Waals surface area contributed by atoms with Crippen LogP contribution in [-0.2, 0) is 27.9 Å². The fourth-order valence-electron chi connectivity index (χ4n) is 3.15. The first-order chi connectivity index (χ1) is 12.7. The summed E-state index contributed by atoms with van der Waals surface area (Å²) in [7, 11) is 1.63. The largest absolute Gasteiger partial charge is 0.497 e. The maximum absolute atomic E-state index is 12.3. The van der Waals surface area contributed by atoms with E-state index in [9.17, 15) is 10.1 Å². The molecule has 0 fully saturated rings. The zero-order valence-electron chi connectivity index (χ0n) is 16.9. The van der Waals surface area contributed by atoms with Crippen molar-refractivity contribution in [2.24, 2.45) is 0 Å². The van der Waals surface area contributed by atoms with Crippen molar-refractivity contribution in [1.29, 1.82) is 5.26 Å². The van der Waals surface area contributed by atoms with Crippen LogP contribution in [-0.4, -0.2) is 29.0 Å². The van der Waals surface area contributed by atoms with Gasteiger partial charge in [0.1, 0.15) is 5.75 Å². The maximum atomic E-state index is 12.3. The Morgan fingerprint density at radius 1 is 1.30 bits per heavy atom. The Morgan fingerprint density at radius 2 is 1.93 bits per heavy atom. The average Bonchev–Trinajstić information content (AvgIpc) is 2.90. The third-order valence-electron chi connectivity index (χ3n) is 4.31. The summed E-state index contributed by atoms with van der Waals surface area (Å²) >= 11 is 0. The number of hydrogen-bond acceptors (Lipinski definition) is 5. The van der Waals surface area contributed by atoms with E-state index in [1.165, 1.54) is 0 Å². The molecule has 1 aromatic heterocycles. The summed E-state index contributed by atoms with van der Waals surface area (Å²) in [6.45, 7) is 9.68. The molecule has 0 bridgehead atoms. The first-order valence-corrected chi connectivity index (χ1v) is 8.98. The molecule has 0 saturated carbocycles. The summed E-state index contributed by atoms with van der Waals surface area (Å²) in [5.74, 6) is 0.457. The van der Waals surface area contributed by atoms with Crippen molar-refractivity contribution < 1.29 is 14.3 Å². The number of hydrogen-bond donors (Lipinski definition) is 0. The second-order valence-corrected chi connectivity index (χ2v) is 7.37. The second-order valence-electron chi connectivity index (χ2n) is 7.37. The van der Waals surface area contributed by atoms with Crippen molar-refractivity contribution in [3.63, 3.8) is 0 Å². The molecule has 0 spiro atoms. The number of aryl methyl sites for hydroxylation is 1. The molecule has 0 N–H and O–H groups in total. The molecule has 0 amide bonds. The van der Waals surface area contributed by atoms with Crippen molar-refractivity contribution in [3.05, 3.63) is 46.8 Å². The topological polar surface area (TPSA) is 77.1 Å². The Bertz CT molecular complexity index is 843. The summed E-state index contributed by atoms with van der Waals surface area (Å²) in [4.78, 5) is 12.3. The van der Waals surface area contributed by atoms with E-state index < -0.39 is 5.41 Å². The van der Waals surface area contributed by atoms with Gasteiger partial charge in [-0.25, -0.2) is 0 Å². The monoisotopic (exact) mass is 369 g/mol. The highest BCUT2D eigenvalue weighted by Crippen LogP contribution is 2.30. The lowest BCUT2D eigenvalue weighted by molar-refractivity contribution is -0.146. The van der Waals surface area contributed by atoms with Crippen LogP contribution in [0.4, 0.5) is 0 Å². The summed E-state index contributed by atoms with van der Waals surface area (Å²) < 4.78 is 12.3. The van der Waals surface area contributed by atoms with E-state index in [1.807, 2.05) is 58.9 Å². The van der Waals surface area contributed by atoms with Gasteiger partial charge in [-0.05, 0) is 52.3 Å². The lowest BCUT2D eigenvalue weighted by atomic mass is 9.84. The summed E-state index contributed by atoms with van der Waals surface area (Å²) in [6, 6.07) is 10.0. The van der Waals surface area contributed by atoms with E-state index in [-0.39, 0.29) is 18.5 Å². The molecule has 2 rings (SSSR count). The predicted octanol–water partition coefficient (Wildman–Crippen LogP) is 3.54. The Hall–Kier alpha value is -2.81. The highest BCUT2D eigenvalue weighted by Gasteiger charge is 2.31. The van der Waals surface area contributed by atoms with Gasteiger partial charge < -0.3 is 9.47 Å². The third-order valence-corrected chi connectivity index (χ3v) is 4.31. The molecule has 0 radical (unpaired) electrons. The van der Waals surface area contributed by atoms with Gasteiger partial charge in [-0.2, -0.15) is 10.4 Å². The first-order valence-electron chi connectivity index (χ1n) is 8.98. The molecule has 6 nitrogen and oxygen atoms in total.